The number of benzene rings is 1. The molecular weight excluding hydrogens is 302 g/mol. The molecule has 1 aromatic carbocycles. The number of nitriles is 1. The van der Waals surface area contributed by atoms with E-state index in [1.165, 1.54) is 8.61 Å². The molecule has 0 bridgehead atoms. The Morgan fingerprint density at radius 3 is 2.64 bits per heavy atom. The van der Waals surface area contributed by atoms with Gasteiger partial charge < -0.3 is 4.74 Å². The van der Waals surface area contributed by atoms with E-state index >= 15 is 0 Å². The van der Waals surface area contributed by atoms with E-state index in [1.807, 2.05) is 13.8 Å². The summed E-state index contributed by atoms with van der Waals surface area (Å²) in [6, 6.07) is 7.13. The number of fused-ring (bicyclic) bond motifs is 1. The van der Waals surface area contributed by atoms with Gasteiger partial charge in [0.2, 0.25) is 0 Å². The van der Waals surface area contributed by atoms with Gasteiger partial charge in [-0.1, -0.05) is 0 Å². The Morgan fingerprint density at radius 2 is 2.05 bits per heavy atom. The van der Waals surface area contributed by atoms with Crippen LogP contribution in [0.3, 0.4) is 0 Å². The molecule has 2 aliphatic heterocycles. The first-order chi connectivity index (χ1) is 10.2. The van der Waals surface area contributed by atoms with Gasteiger partial charge in [-0.25, -0.2) is 0 Å². The fourth-order valence-electron chi connectivity index (χ4n) is 2.69. The third kappa shape index (κ3) is 2.25. The van der Waals surface area contributed by atoms with E-state index in [-0.39, 0.29) is 0 Å². The second-order valence-corrected chi connectivity index (χ2v) is 7.92. The highest BCUT2D eigenvalue weighted by atomic mass is 32.2. The van der Waals surface area contributed by atoms with Crippen LogP contribution in [0, 0.1) is 11.3 Å². The van der Waals surface area contributed by atoms with Crippen LogP contribution in [0.1, 0.15) is 25.0 Å². The second kappa shape index (κ2) is 4.73. The number of hydrogen-bond acceptors (Lipinski definition) is 4. The van der Waals surface area contributed by atoms with Crippen molar-refractivity contribution >= 4 is 15.9 Å². The zero-order chi connectivity index (χ0) is 16.1. The lowest BCUT2D eigenvalue weighted by molar-refractivity contribution is 0.156. The fourth-order valence-corrected chi connectivity index (χ4v) is 4.05. The van der Waals surface area contributed by atoms with Crippen LogP contribution in [-0.4, -0.2) is 42.8 Å². The zero-order valence-corrected chi connectivity index (χ0v) is 13.5. The first kappa shape index (κ1) is 14.9. The first-order valence-electron chi connectivity index (χ1n) is 6.95. The summed E-state index contributed by atoms with van der Waals surface area (Å²) in [5.41, 5.74) is 1.07. The van der Waals surface area contributed by atoms with Crippen molar-refractivity contribution in [2.24, 2.45) is 0 Å². The van der Waals surface area contributed by atoms with E-state index in [0.29, 0.717) is 35.7 Å². The lowest BCUT2D eigenvalue weighted by Gasteiger charge is -2.34. The molecule has 1 aromatic rings. The smallest absolute Gasteiger partial charge is 0.303 e. The lowest BCUT2D eigenvalue weighted by atomic mass is 9.98. The molecule has 2 heterocycles. The topological polar surface area (TPSA) is 73.6 Å². The van der Waals surface area contributed by atoms with Crippen molar-refractivity contribution in [1.82, 2.24) is 8.61 Å². The van der Waals surface area contributed by atoms with Gasteiger partial charge in [-0.3, -0.25) is 4.31 Å². The van der Waals surface area contributed by atoms with E-state index in [1.54, 1.807) is 31.3 Å². The minimum atomic E-state index is -3.52. The highest BCUT2D eigenvalue weighted by Gasteiger charge is 2.39. The molecule has 22 heavy (non-hydrogen) atoms. The summed E-state index contributed by atoms with van der Waals surface area (Å²) in [6.07, 6.45) is 1.80. The summed E-state index contributed by atoms with van der Waals surface area (Å²) in [5, 5.41) is 9.09. The maximum atomic E-state index is 12.5. The minimum absolute atomic E-state index is 0.386. The maximum Gasteiger partial charge on any atom is 0.303 e. The molecule has 1 fully saturated rings. The Balaban J connectivity index is 2.18. The van der Waals surface area contributed by atoms with Crippen molar-refractivity contribution in [1.29, 1.82) is 5.26 Å². The van der Waals surface area contributed by atoms with Crippen LogP contribution in [0.2, 0.25) is 0 Å². The normalized spacial score (nSPS) is 22.5. The van der Waals surface area contributed by atoms with Crippen LogP contribution < -0.4 is 4.74 Å². The molecule has 0 atom stereocenters. The average molecular weight is 319 g/mol. The lowest BCUT2D eigenvalue weighted by Crippen LogP contribution is -2.35. The molecule has 116 valence electrons. The summed E-state index contributed by atoms with van der Waals surface area (Å²) in [5.74, 6) is 0.589. The minimum Gasteiger partial charge on any atom is -0.483 e. The van der Waals surface area contributed by atoms with Gasteiger partial charge in [0.1, 0.15) is 11.4 Å². The SMILES string of the molecule is CN1CCN(C2=CC(C)(C)Oc3ccc(C#N)cc32)S1(=O)=O. The molecule has 0 saturated carbocycles. The number of likely N-dealkylation sites (N-methyl/N-ethyl adjacent to an activating group) is 1. The van der Waals surface area contributed by atoms with Crippen LogP contribution in [-0.2, 0) is 10.2 Å². The fraction of sp³-hybridized carbons (Fsp3) is 0.400. The number of ether oxygens (including phenoxy) is 1. The van der Waals surface area contributed by atoms with Gasteiger partial charge >= 0.3 is 10.2 Å². The highest BCUT2D eigenvalue weighted by molar-refractivity contribution is 7.87. The van der Waals surface area contributed by atoms with Crippen molar-refractivity contribution in [3.63, 3.8) is 0 Å². The van der Waals surface area contributed by atoms with Gasteiger partial charge in [-0.05, 0) is 38.1 Å². The molecule has 0 spiro atoms. The molecule has 0 N–H and O–H groups in total. The summed E-state index contributed by atoms with van der Waals surface area (Å²) >= 11 is 0. The van der Waals surface area contributed by atoms with Gasteiger partial charge in [-0.2, -0.15) is 18.0 Å². The van der Waals surface area contributed by atoms with Crippen molar-refractivity contribution in [2.75, 3.05) is 20.1 Å². The summed E-state index contributed by atoms with van der Waals surface area (Å²) in [4.78, 5) is 0. The van der Waals surface area contributed by atoms with Gasteiger partial charge in [0.05, 0.1) is 17.3 Å². The van der Waals surface area contributed by atoms with E-state index in [0.717, 1.165) is 0 Å². The van der Waals surface area contributed by atoms with Crippen LogP contribution in [0.5, 0.6) is 5.75 Å². The van der Waals surface area contributed by atoms with E-state index in [4.69, 9.17) is 10.00 Å². The third-order valence-electron chi connectivity index (χ3n) is 3.80. The standard InChI is InChI=1S/C15H17N3O3S/c1-15(2)9-13(18-7-6-17(3)22(18,19)20)12-8-11(10-16)4-5-14(12)21-15/h4-5,8-9H,6-7H2,1-3H3. The van der Waals surface area contributed by atoms with Crippen LogP contribution in [0.15, 0.2) is 24.3 Å². The molecule has 0 aromatic heterocycles. The predicted molar refractivity (Wildman–Crippen MR) is 82.1 cm³/mol. The Morgan fingerprint density at radius 1 is 1.32 bits per heavy atom. The molecule has 0 aliphatic carbocycles. The average Bonchev–Trinajstić information content (AvgIpc) is 2.71. The second-order valence-electron chi connectivity index (χ2n) is 5.96. The monoisotopic (exact) mass is 319 g/mol. The molecule has 7 heteroatoms. The predicted octanol–water partition coefficient (Wildman–Crippen LogP) is 1.56. The van der Waals surface area contributed by atoms with E-state index < -0.39 is 15.8 Å². The van der Waals surface area contributed by atoms with Crippen molar-refractivity contribution < 1.29 is 13.2 Å². The molecule has 1 saturated heterocycles. The first-order valence-corrected chi connectivity index (χ1v) is 8.35. The van der Waals surface area contributed by atoms with Crippen molar-refractivity contribution in [2.45, 2.75) is 19.4 Å². The quantitative estimate of drug-likeness (QED) is 0.787. The van der Waals surface area contributed by atoms with Gasteiger partial charge in [0, 0.05) is 25.7 Å². The molecular formula is C15H17N3O3S. The van der Waals surface area contributed by atoms with E-state index in [9.17, 15) is 8.42 Å². The van der Waals surface area contributed by atoms with Gasteiger partial charge in [0.25, 0.3) is 0 Å². The number of nitrogens with zero attached hydrogens (tertiary/aromatic N) is 3. The highest BCUT2D eigenvalue weighted by Crippen LogP contribution is 2.40. The van der Waals surface area contributed by atoms with E-state index in [2.05, 4.69) is 6.07 Å². The summed E-state index contributed by atoms with van der Waals surface area (Å²) in [7, 11) is -1.96. The Bertz CT molecular complexity index is 806. The Labute approximate surface area is 130 Å². The molecule has 6 nitrogen and oxygen atoms in total. The molecule has 0 unspecified atom stereocenters. The largest absolute Gasteiger partial charge is 0.483 e. The summed E-state index contributed by atoms with van der Waals surface area (Å²) in [6.45, 7) is 4.58. The number of rotatable bonds is 1. The van der Waals surface area contributed by atoms with Gasteiger partial charge in [-0.15, -0.1) is 0 Å². The summed E-state index contributed by atoms with van der Waals surface area (Å²) < 4.78 is 33.5. The van der Waals surface area contributed by atoms with Crippen molar-refractivity contribution in [3.8, 4) is 11.8 Å². The molecule has 0 radical (unpaired) electrons. The Kier molecular flexibility index (Phi) is 3.20. The van der Waals surface area contributed by atoms with Crippen molar-refractivity contribution in [3.05, 3.63) is 35.4 Å². The molecule has 2 aliphatic rings. The Hall–Kier alpha value is -2.04. The maximum absolute atomic E-state index is 12.5. The molecule has 3 rings (SSSR count). The molecule has 0 amide bonds. The van der Waals surface area contributed by atoms with Crippen LogP contribution in [0.4, 0.5) is 0 Å². The van der Waals surface area contributed by atoms with Crippen LogP contribution >= 0.6 is 0 Å². The van der Waals surface area contributed by atoms with Gasteiger partial charge in [0.15, 0.2) is 0 Å². The third-order valence-corrected chi connectivity index (χ3v) is 5.71. The number of hydrogen-bond donors (Lipinski definition) is 0. The van der Waals surface area contributed by atoms with Crippen LogP contribution in [0.25, 0.3) is 5.70 Å². The zero-order valence-electron chi connectivity index (χ0n) is 12.7.